The Labute approximate surface area is 138 Å². The number of rotatable bonds is 4. The number of nitrogens with one attached hydrogen (secondary N) is 1. The van der Waals surface area contributed by atoms with Gasteiger partial charge in [0.25, 0.3) is 5.91 Å². The zero-order chi connectivity index (χ0) is 16.8. The van der Waals surface area contributed by atoms with Gasteiger partial charge in [-0.3, -0.25) is 4.79 Å². The van der Waals surface area contributed by atoms with Crippen molar-refractivity contribution in [3.63, 3.8) is 0 Å². The molecule has 0 bridgehead atoms. The molecule has 2 rings (SSSR count). The molecule has 1 aliphatic rings. The summed E-state index contributed by atoms with van der Waals surface area (Å²) < 4.78 is 0. The highest BCUT2D eigenvalue weighted by atomic mass is 16.2. The van der Waals surface area contributed by atoms with Gasteiger partial charge in [-0.1, -0.05) is 37.0 Å². The van der Waals surface area contributed by atoms with Gasteiger partial charge in [-0.25, -0.2) is 0 Å². The van der Waals surface area contributed by atoms with Gasteiger partial charge >= 0.3 is 0 Å². The molecule has 1 aromatic carbocycles. The van der Waals surface area contributed by atoms with Gasteiger partial charge in [-0.05, 0) is 38.3 Å². The zero-order valence-corrected chi connectivity index (χ0v) is 14.2. The van der Waals surface area contributed by atoms with E-state index in [1.165, 1.54) is 18.2 Å². The lowest BCUT2D eigenvalue weighted by atomic mass is 9.94. The molecule has 1 aromatic rings. The fourth-order valence-electron chi connectivity index (χ4n) is 3.09. The first-order chi connectivity index (χ1) is 11.0. The molecular formula is C19H25N3O. The van der Waals surface area contributed by atoms with Crippen LogP contribution < -0.4 is 5.32 Å². The minimum absolute atomic E-state index is 0.151. The van der Waals surface area contributed by atoms with Crippen molar-refractivity contribution >= 4 is 11.6 Å². The minimum atomic E-state index is -0.198. The third-order valence-electron chi connectivity index (χ3n) is 4.55. The van der Waals surface area contributed by atoms with E-state index in [1.807, 2.05) is 32.0 Å². The van der Waals surface area contributed by atoms with E-state index in [9.17, 15) is 10.1 Å². The second kappa shape index (κ2) is 7.82. The van der Waals surface area contributed by atoms with Crippen LogP contribution >= 0.6 is 0 Å². The number of nitriles is 1. The van der Waals surface area contributed by atoms with Crippen molar-refractivity contribution in [3.8, 4) is 6.07 Å². The summed E-state index contributed by atoms with van der Waals surface area (Å²) in [6.45, 7) is 4.04. The van der Waals surface area contributed by atoms with Crippen LogP contribution in [0.25, 0.3) is 0 Å². The van der Waals surface area contributed by atoms with Crippen molar-refractivity contribution in [2.45, 2.75) is 52.0 Å². The predicted octanol–water partition coefficient (Wildman–Crippen LogP) is 3.91. The zero-order valence-electron chi connectivity index (χ0n) is 14.2. The third kappa shape index (κ3) is 4.35. The van der Waals surface area contributed by atoms with Gasteiger partial charge in [-0.15, -0.1) is 0 Å². The van der Waals surface area contributed by atoms with Crippen LogP contribution in [0.4, 0.5) is 5.69 Å². The molecule has 0 heterocycles. The van der Waals surface area contributed by atoms with Gasteiger partial charge in [0.05, 0.1) is 0 Å². The summed E-state index contributed by atoms with van der Waals surface area (Å²) in [5, 5.41) is 12.4. The molecule has 1 amide bonds. The van der Waals surface area contributed by atoms with Crippen molar-refractivity contribution in [1.29, 1.82) is 5.26 Å². The third-order valence-corrected chi connectivity index (χ3v) is 4.55. The summed E-state index contributed by atoms with van der Waals surface area (Å²) >= 11 is 0. The second-order valence-electron chi connectivity index (χ2n) is 6.34. The molecule has 0 saturated heterocycles. The highest BCUT2D eigenvalue weighted by molar-refractivity contribution is 5.97. The van der Waals surface area contributed by atoms with Gasteiger partial charge in [0.15, 0.2) is 0 Å². The molecule has 23 heavy (non-hydrogen) atoms. The lowest BCUT2D eigenvalue weighted by Crippen LogP contribution is -2.39. The number of benzene rings is 1. The van der Waals surface area contributed by atoms with Crippen molar-refractivity contribution in [2.24, 2.45) is 0 Å². The Hall–Kier alpha value is -2.28. The number of carbonyl (C=O) groups is 1. The van der Waals surface area contributed by atoms with Crippen LogP contribution in [0.3, 0.4) is 0 Å². The number of hydrogen-bond acceptors (Lipinski definition) is 3. The van der Waals surface area contributed by atoms with Crippen molar-refractivity contribution in [2.75, 3.05) is 12.4 Å². The van der Waals surface area contributed by atoms with E-state index in [0.29, 0.717) is 0 Å². The van der Waals surface area contributed by atoms with Crippen molar-refractivity contribution in [3.05, 3.63) is 41.1 Å². The van der Waals surface area contributed by atoms with Crippen molar-refractivity contribution < 1.29 is 4.79 Å². The van der Waals surface area contributed by atoms with Gasteiger partial charge in [0.1, 0.15) is 11.6 Å². The van der Waals surface area contributed by atoms with Gasteiger partial charge in [-0.2, -0.15) is 5.26 Å². The van der Waals surface area contributed by atoms with E-state index < -0.39 is 0 Å². The Morgan fingerprint density at radius 3 is 2.61 bits per heavy atom. The van der Waals surface area contributed by atoms with Crippen LogP contribution in [0.2, 0.25) is 0 Å². The Morgan fingerprint density at radius 1 is 1.30 bits per heavy atom. The van der Waals surface area contributed by atoms with Gasteiger partial charge in [0, 0.05) is 25.0 Å². The van der Waals surface area contributed by atoms with Crippen LogP contribution in [0.5, 0.6) is 0 Å². The number of aryl methyl sites for hydroxylation is 2. The number of anilines is 1. The first-order valence-electron chi connectivity index (χ1n) is 8.24. The first kappa shape index (κ1) is 17.1. The molecular weight excluding hydrogens is 286 g/mol. The normalized spacial score (nSPS) is 15.8. The molecule has 1 aliphatic carbocycles. The lowest BCUT2D eigenvalue weighted by Gasteiger charge is -2.31. The smallest absolute Gasteiger partial charge is 0.266 e. The monoisotopic (exact) mass is 311 g/mol. The van der Waals surface area contributed by atoms with E-state index in [4.69, 9.17) is 0 Å². The Kier molecular flexibility index (Phi) is 5.81. The quantitative estimate of drug-likeness (QED) is 0.677. The molecule has 1 N–H and O–H groups in total. The molecule has 0 radical (unpaired) electrons. The molecule has 0 atom stereocenters. The number of carbonyl (C=O) groups excluding carboxylic acids is 1. The van der Waals surface area contributed by atoms with Gasteiger partial charge < -0.3 is 10.2 Å². The number of hydrogen-bond donors (Lipinski definition) is 1. The molecule has 1 fully saturated rings. The van der Waals surface area contributed by atoms with E-state index in [1.54, 1.807) is 11.9 Å². The lowest BCUT2D eigenvalue weighted by molar-refractivity contribution is -0.128. The SMILES string of the molecule is Cc1ccc(N/C=C(/C#N)C(=O)N(C)C2CCCCC2)c(C)c1. The summed E-state index contributed by atoms with van der Waals surface area (Å²) in [5.41, 5.74) is 3.34. The molecule has 0 unspecified atom stereocenters. The highest BCUT2D eigenvalue weighted by Gasteiger charge is 2.24. The predicted molar refractivity (Wildman–Crippen MR) is 92.9 cm³/mol. The van der Waals surface area contributed by atoms with Crippen molar-refractivity contribution in [1.82, 2.24) is 4.90 Å². The second-order valence-corrected chi connectivity index (χ2v) is 6.34. The first-order valence-corrected chi connectivity index (χ1v) is 8.24. The molecule has 4 nitrogen and oxygen atoms in total. The maximum Gasteiger partial charge on any atom is 0.266 e. The number of amides is 1. The highest BCUT2D eigenvalue weighted by Crippen LogP contribution is 2.23. The molecule has 0 spiro atoms. The molecule has 0 aromatic heterocycles. The largest absolute Gasteiger partial charge is 0.360 e. The average molecular weight is 311 g/mol. The van der Waals surface area contributed by atoms with E-state index in [0.717, 1.165) is 36.9 Å². The Balaban J connectivity index is 2.08. The molecule has 122 valence electrons. The number of nitrogens with zero attached hydrogens (tertiary/aromatic N) is 2. The Morgan fingerprint density at radius 2 is 2.00 bits per heavy atom. The summed E-state index contributed by atoms with van der Waals surface area (Å²) in [4.78, 5) is 14.3. The van der Waals surface area contributed by atoms with Crippen LogP contribution in [-0.2, 0) is 4.79 Å². The molecule has 4 heteroatoms. The maximum atomic E-state index is 12.5. The summed E-state index contributed by atoms with van der Waals surface area (Å²) in [7, 11) is 1.81. The summed E-state index contributed by atoms with van der Waals surface area (Å²) in [6.07, 6.45) is 7.16. The van der Waals surface area contributed by atoms with Crippen LogP contribution in [0, 0.1) is 25.2 Å². The minimum Gasteiger partial charge on any atom is -0.360 e. The van der Waals surface area contributed by atoms with E-state index >= 15 is 0 Å². The fourth-order valence-corrected chi connectivity index (χ4v) is 3.09. The summed E-state index contributed by atoms with van der Waals surface area (Å²) in [6, 6.07) is 8.33. The van der Waals surface area contributed by atoms with Gasteiger partial charge in [0.2, 0.25) is 0 Å². The average Bonchev–Trinajstić information content (AvgIpc) is 2.57. The standard InChI is InChI=1S/C19H25N3O/c1-14-9-10-18(15(2)11-14)21-13-16(12-20)19(23)22(3)17-7-5-4-6-8-17/h9-11,13,17,21H,4-8H2,1-3H3/b16-13-. The Bertz CT molecular complexity index is 637. The van der Waals surface area contributed by atoms with Crippen LogP contribution in [0.1, 0.15) is 43.2 Å². The topological polar surface area (TPSA) is 56.1 Å². The van der Waals surface area contributed by atoms with Crippen LogP contribution in [0.15, 0.2) is 30.0 Å². The maximum absolute atomic E-state index is 12.5. The summed E-state index contributed by atoms with van der Waals surface area (Å²) in [5.74, 6) is -0.198. The molecule has 1 saturated carbocycles. The number of likely N-dealkylation sites (N-methyl/N-ethyl adjacent to an activating group) is 1. The van der Waals surface area contributed by atoms with Crippen LogP contribution in [-0.4, -0.2) is 23.9 Å². The molecule has 0 aliphatic heterocycles. The van der Waals surface area contributed by atoms with E-state index in [2.05, 4.69) is 11.4 Å². The fraction of sp³-hybridized carbons (Fsp3) is 0.474. The van der Waals surface area contributed by atoms with E-state index in [-0.39, 0.29) is 17.5 Å².